The van der Waals surface area contributed by atoms with Crippen molar-refractivity contribution in [1.29, 1.82) is 0 Å². The Morgan fingerprint density at radius 3 is 2.69 bits per heavy atom. The Balaban J connectivity index is 2.17. The van der Waals surface area contributed by atoms with Gasteiger partial charge in [0, 0.05) is 24.6 Å². The third-order valence-electron chi connectivity index (χ3n) is 3.29. The molecule has 4 heteroatoms. The van der Waals surface area contributed by atoms with Gasteiger partial charge in [-0.3, -0.25) is 0 Å². The van der Waals surface area contributed by atoms with E-state index in [1.54, 1.807) is 0 Å². The summed E-state index contributed by atoms with van der Waals surface area (Å²) in [5.41, 5.74) is 2.79. The average molecular weight is 222 g/mol. The van der Waals surface area contributed by atoms with E-state index in [0.29, 0.717) is 5.92 Å². The number of aromatic nitrogens is 2. The van der Waals surface area contributed by atoms with Crippen LogP contribution in [0.25, 0.3) is 0 Å². The molecule has 88 valence electrons. The van der Waals surface area contributed by atoms with Gasteiger partial charge >= 0.3 is 5.69 Å². The highest BCUT2D eigenvalue weighted by atomic mass is 16.5. The molecular weight excluding hydrogens is 204 g/mol. The van der Waals surface area contributed by atoms with Crippen molar-refractivity contribution in [2.75, 3.05) is 13.2 Å². The lowest BCUT2D eigenvalue weighted by Gasteiger charge is -2.23. The predicted octanol–water partition coefficient (Wildman–Crippen LogP) is 1.36. The first-order valence-electron chi connectivity index (χ1n) is 5.81. The summed E-state index contributed by atoms with van der Waals surface area (Å²) in [6.07, 6.45) is 3.22. The van der Waals surface area contributed by atoms with Crippen LogP contribution in [0.5, 0.6) is 0 Å². The zero-order valence-corrected chi connectivity index (χ0v) is 9.88. The third kappa shape index (κ3) is 2.50. The van der Waals surface area contributed by atoms with E-state index in [2.05, 4.69) is 9.97 Å². The van der Waals surface area contributed by atoms with Crippen molar-refractivity contribution in [3.63, 3.8) is 0 Å². The molecule has 1 N–H and O–H groups in total. The second kappa shape index (κ2) is 4.78. The van der Waals surface area contributed by atoms with Gasteiger partial charge in [0.05, 0.1) is 0 Å². The van der Waals surface area contributed by atoms with E-state index in [4.69, 9.17) is 4.74 Å². The van der Waals surface area contributed by atoms with Gasteiger partial charge in [0.15, 0.2) is 0 Å². The number of rotatable bonds is 2. The summed E-state index contributed by atoms with van der Waals surface area (Å²) < 4.78 is 5.34. The predicted molar refractivity (Wildman–Crippen MR) is 61.6 cm³/mol. The van der Waals surface area contributed by atoms with Crippen LogP contribution in [-0.4, -0.2) is 23.2 Å². The fraction of sp³-hybridized carbons (Fsp3) is 0.667. The second-order valence-corrected chi connectivity index (χ2v) is 4.49. The Morgan fingerprint density at radius 2 is 2.06 bits per heavy atom. The molecule has 0 amide bonds. The van der Waals surface area contributed by atoms with Crippen LogP contribution in [0, 0.1) is 19.8 Å². The van der Waals surface area contributed by atoms with E-state index in [9.17, 15) is 4.79 Å². The Hall–Kier alpha value is -1.16. The summed E-state index contributed by atoms with van der Waals surface area (Å²) in [7, 11) is 0. The van der Waals surface area contributed by atoms with E-state index in [1.165, 1.54) is 5.56 Å². The second-order valence-electron chi connectivity index (χ2n) is 4.49. The number of ether oxygens (including phenoxy) is 1. The molecule has 0 saturated carbocycles. The quantitative estimate of drug-likeness (QED) is 0.822. The number of H-pyrrole nitrogens is 1. The van der Waals surface area contributed by atoms with Crippen molar-refractivity contribution in [3.05, 3.63) is 27.4 Å². The van der Waals surface area contributed by atoms with E-state index in [1.807, 2.05) is 13.8 Å². The first kappa shape index (κ1) is 11.3. The zero-order chi connectivity index (χ0) is 11.5. The van der Waals surface area contributed by atoms with Gasteiger partial charge in [-0.15, -0.1) is 0 Å². The lowest BCUT2D eigenvalue weighted by Crippen LogP contribution is -2.21. The van der Waals surface area contributed by atoms with Gasteiger partial charge in [0.1, 0.15) is 0 Å². The van der Waals surface area contributed by atoms with Gasteiger partial charge in [0.2, 0.25) is 0 Å². The molecule has 0 aliphatic carbocycles. The van der Waals surface area contributed by atoms with E-state index in [0.717, 1.165) is 43.9 Å². The maximum absolute atomic E-state index is 11.2. The Bertz CT molecular complexity index is 393. The molecule has 4 nitrogen and oxygen atoms in total. The summed E-state index contributed by atoms with van der Waals surface area (Å²) in [5.74, 6) is 0.666. The lowest BCUT2D eigenvalue weighted by molar-refractivity contribution is 0.0664. The van der Waals surface area contributed by atoms with Gasteiger partial charge in [-0.25, -0.2) is 4.79 Å². The summed E-state index contributed by atoms with van der Waals surface area (Å²) in [6, 6.07) is 0. The van der Waals surface area contributed by atoms with Crippen LogP contribution in [0.1, 0.15) is 29.8 Å². The van der Waals surface area contributed by atoms with Crippen LogP contribution in [0.2, 0.25) is 0 Å². The fourth-order valence-corrected chi connectivity index (χ4v) is 2.29. The molecule has 0 spiro atoms. The first-order valence-corrected chi connectivity index (χ1v) is 5.81. The SMILES string of the molecule is Cc1nc(=O)[nH]c(C)c1CC1CCOCC1. The van der Waals surface area contributed by atoms with Crippen molar-refractivity contribution < 1.29 is 4.74 Å². The van der Waals surface area contributed by atoms with Crippen LogP contribution in [-0.2, 0) is 11.2 Å². The molecule has 1 aromatic heterocycles. The van der Waals surface area contributed by atoms with Gasteiger partial charge in [-0.1, -0.05) is 0 Å². The average Bonchev–Trinajstić information content (AvgIpc) is 2.25. The molecule has 1 fully saturated rings. The maximum Gasteiger partial charge on any atom is 0.345 e. The summed E-state index contributed by atoms with van der Waals surface area (Å²) in [6.45, 7) is 5.58. The van der Waals surface area contributed by atoms with Crippen LogP contribution in [0.3, 0.4) is 0 Å². The molecule has 0 bridgehead atoms. The van der Waals surface area contributed by atoms with Gasteiger partial charge in [-0.05, 0) is 44.6 Å². The monoisotopic (exact) mass is 222 g/mol. The van der Waals surface area contributed by atoms with E-state index >= 15 is 0 Å². The summed E-state index contributed by atoms with van der Waals surface area (Å²) >= 11 is 0. The molecule has 0 radical (unpaired) electrons. The number of hydrogen-bond donors (Lipinski definition) is 1. The number of aromatic amines is 1. The molecule has 1 saturated heterocycles. The van der Waals surface area contributed by atoms with Gasteiger partial charge in [-0.2, -0.15) is 4.98 Å². The van der Waals surface area contributed by atoms with Crippen molar-refractivity contribution in [3.8, 4) is 0 Å². The molecule has 1 aliphatic heterocycles. The Kier molecular flexibility index (Phi) is 3.39. The molecular formula is C12H18N2O2. The minimum Gasteiger partial charge on any atom is -0.381 e. The van der Waals surface area contributed by atoms with Crippen molar-refractivity contribution in [2.45, 2.75) is 33.1 Å². The highest BCUT2D eigenvalue weighted by Crippen LogP contribution is 2.21. The summed E-state index contributed by atoms with van der Waals surface area (Å²) in [5, 5.41) is 0. The van der Waals surface area contributed by atoms with Crippen LogP contribution in [0.4, 0.5) is 0 Å². The van der Waals surface area contributed by atoms with Gasteiger partial charge < -0.3 is 9.72 Å². The number of aryl methyl sites for hydroxylation is 2. The number of hydrogen-bond acceptors (Lipinski definition) is 3. The Labute approximate surface area is 95.1 Å². The van der Waals surface area contributed by atoms with Crippen LogP contribution >= 0.6 is 0 Å². The van der Waals surface area contributed by atoms with Gasteiger partial charge in [0.25, 0.3) is 0 Å². The van der Waals surface area contributed by atoms with Crippen LogP contribution in [0.15, 0.2) is 4.79 Å². The topological polar surface area (TPSA) is 55.0 Å². The fourth-order valence-electron chi connectivity index (χ4n) is 2.29. The highest BCUT2D eigenvalue weighted by molar-refractivity contribution is 5.23. The minimum absolute atomic E-state index is 0.245. The molecule has 1 aromatic rings. The zero-order valence-electron chi connectivity index (χ0n) is 9.88. The van der Waals surface area contributed by atoms with Crippen LogP contribution < -0.4 is 5.69 Å². The summed E-state index contributed by atoms with van der Waals surface area (Å²) in [4.78, 5) is 17.9. The smallest absolute Gasteiger partial charge is 0.345 e. The van der Waals surface area contributed by atoms with Crippen molar-refractivity contribution in [1.82, 2.24) is 9.97 Å². The largest absolute Gasteiger partial charge is 0.381 e. The minimum atomic E-state index is -0.245. The standard InChI is InChI=1S/C12H18N2O2/c1-8-11(9(2)14-12(15)13-8)7-10-3-5-16-6-4-10/h10H,3-7H2,1-2H3,(H,13,14,15). The highest BCUT2D eigenvalue weighted by Gasteiger charge is 2.17. The molecule has 16 heavy (non-hydrogen) atoms. The first-order chi connectivity index (χ1) is 7.66. The molecule has 0 atom stereocenters. The molecule has 0 aromatic carbocycles. The molecule has 1 aliphatic rings. The van der Waals surface area contributed by atoms with E-state index in [-0.39, 0.29) is 5.69 Å². The van der Waals surface area contributed by atoms with E-state index < -0.39 is 0 Å². The third-order valence-corrected chi connectivity index (χ3v) is 3.29. The molecule has 2 heterocycles. The normalized spacial score (nSPS) is 17.6. The molecule has 2 rings (SSSR count). The Morgan fingerprint density at radius 1 is 1.38 bits per heavy atom. The number of nitrogens with one attached hydrogen (secondary N) is 1. The lowest BCUT2D eigenvalue weighted by atomic mass is 9.91. The molecule has 0 unspecified atom stereocenters. The maximum atomic E-state index is 11.2. The van der Waals surface area contributed by atoms with Crippen molar-refractivity contribution in [2.24, 2.45) is 5.92 Å². The van der Waals surface area contributed by atoms with Crippen molar-refractivity contribution >= 4 is 0 Å². The number of nitrogens with zero attached hydrogens (tertiary/aromatic N) is 1.